The highest BCUT2D eigenvalue weighted by Gasteiger charge is 2.36. The zero-order valence-corrected chi connectivity index (χ0v) is 11.1. The number of piperidine rings is 1. The Labute approximate surface area is 105 Å². The standard InChI is InChI=1S/C14H27NO2/c1-12-3-2-6-14(9-12,11-16)10-15-7-4-13(17)5-8-15/h12-13,16-17H,2-11H2,1H3. The summed E-state index contributed by atoms with van der Waals surface area (Å²) in [7, 11) is 0. The number of likely N-dealkylation sites (tertiary alicyclic amines) is 1. The minimum atomic E-state index is -0.0957. The van der Waals surface area contributed by atoms with Crippen molar-refractivity contribution in [2.75, 3.05) is 26.2 Å². The molecular formula is C14H27NO2. The average Bonchev–Trinajstić information content (AvgIpc) is 2.32. The van der Waals surface area contributed by atoms with Crippen LogP contribution in [0, 0.1) is 11.3 Å². The van der Waals surface area contributed by atoms with Crippen LogP contribution >= 0.6 is 0 Å². The topological polar surface area (TPSA) is 43.7 Å². The smallest absolute Gasteiger partial charge is 0.0564 e. The average molecular weight is 241 g/mol. The highest BCUT2D eigenvalue weighted by atomic mass is 16.3. The lowest BCUT2D eigenvalue weighted by atomic mass is 9.70. The zero-order chi connectivity index (χ0) is 12.3. The van der Waals surface area contributed by atoms with E-state index in [2.05, 4.69) is 11.8 Å². The Balaban J connectivity index is 1.90. The van der Waals surface area contributed by atoms with Gasteiger partial charge >= 0.3 is 0 Å². The molecule has 1 aliphatic carbocycles. The maximum atomic E-state index is 9.77. The molecule has 1 heterocycles. The molecule has 2 fully saturated rings. The van der Waals surface area contributed by atoms with Crippen molar-refractivity contribution >= 4 is 0 Å². The van der Waals surface area contributed by atoms with Gasteiger partial charge in [0.15, 0.2) is 0 Å². The molecule has 2 atom stereocenters. The van der Waals surface area contributed by atoms with Gasteiger partial charge in [-0.2, -0.15) is 0 Å². The van der Waals surface area contributed by atoms with Crippen LogP contribution in [-0.4, -0.2) is 47.5 Å². The summed E-state index contributed by atoms with van der Waals surface area (Å²) < 4.78 is 0. The van der Waals surface area contributed by atoms with Crippen molar-refractivity contribution < 1.29 is 10.2 Å². The first-order chi connectivity index (χ1) is 8.13. The monoisotopic (exact) mass is 241 g/mol. The van der Waals surface area contributed by atoms with Crippen molar-refractivity contribution in [1.82, 2.24) is 4.90 Å². The van der Waals surface area contributed by atoms with E-state index in [1.165, 1.54) is 25.7 Å². The Morgan fingerprint density at radius 1 is 1.24 bits per heavy atom. The van der Waals surface area contributed by atoms with Crippen LogP contribution in [0.2, 0.25) is 0 Å². The number of rotatable bonds is 3. The summed E-state index contributed by atoms with van der Waals surface area (Å²) in [5, 5.41) is 19.3. The predicted molar refractivity (Wildman–Crippen MR) is 68.8 cm³/mol. The van der Waals surface area contributed by atoms with E-state index in [1.807, 2.05) is 0 Å². The van der Waals surface area contributed by atoms with Gasteiger partial charge in [-0.15, -0.1) is 0 Å². The Kier molecular flexibility index (Phi) is 4.45. The third-order valence-corrected chi connectivity index (χ3v) is 4.64. The molecule has 2 N–H and O–H groups in total. The van der Waals surface area contributed by atoms with Crippen molar-refractivity contribution in [3.05, 3.63) is 0 Å². The van der Waals surface area contributed by atoms with Crippen LogP contribution in [0.3, 0.4) is 0 Å². The van der Waals surface area contributed by atoms with Gasteiger partial charge in [0.05, 0.1) is 6.10 Å². The first kappa shape index (κ1) is 13.3. The first-order valence-corrected chi connectivity index (χ1v) is 7.15. The number of hydrogen-bond donors (Lipinski definition) is 2. The second kappa shape index (κ2) is 5.68. The van der Waals surface area contributed by atoms with Crippen LogP contribution in [0.1, 0.15) is 45.4 Å². The van der Waals surface area contributed by atoms with E-state index in [1.54, 1.807) is 0 Å². The summed E-state index contributed by atoms with van der Waals surface area (Å²) in [4.78, 5) is 2.45. The third kappa shape index (κ3) is 3.43. The van der Waals surface area contributed by atoms with Crippen molar-refractivity contribution in [2.24, 2.45) is 11.3 Å². The summed E-state index contributed by atoms with van der Waals surface area (Å²) in [6.07, 6.45) is 6.63. The molecule has 100 valence electrons. The maximum Gasteiger partial charge on any atom is 0.0564 e. The third-order valence-electron chi connectivity index (χ3n) is 4.64. The molecule has 1 saturated carbocycles. The van der Waals surface area contributed by atoms with Gasteiger partial charge in [0.1, 0.15) is 0 Å². The van der Waals surface area contributed by atoms with Gasteiger partial charge in [-0.3, -0.25) is 0 Å². The van der Waals surface area contributed by atoms with Gasteiger partial charge in [-0.05, 0) is 31.6 Å². The van der Waals surface area contributed by atoms with Crippen LogP contribution in [0.5, 0.6) is 0 Å². The van der Waals surface area contributed by atoms with Gasteiger partial charge in [0.25, 0.3) is 0 Å². The molecule has 0 spiro atoms. The molecule has 0 amide bonds. The predicted octanol–water partition coefficient (Wildman–Crippen LogP) is 1.63. The summed E-state index contributed by atoms with van der Waals surface area (Å²) in [6.45, 7) is 5.66. The fourth-order valence-electron chi connectivity index (χ4n) is 3.66. The fraction of sp³-hybridized carbons (Fsp3) is 1.00. The van der Waals surface area contributed by atoms with E-state index in [0.29, 0.717) is 6.61 Å². The van der Waals surface area contributed by atoms with Gasteiger partial charge in [-0.1, -0.05) is 19.8 Å². The van der Waals surface area contributed by atoms with Crippen molar-refractivity contribution in [2.45, 2.75) is 51.6 Å². The first-order valence-electron chi connectivity index (χ1n) is 7.15. The molecule has 3 nitrogen and oxygen atoms in total. The second-order valence-electron chi connectivity index (χ2n) is 6.37. The number of hydrogen-bond acceptors (Lipinski definition) is 3. The molecule has 0 aromatic carbocycles. The van der Waals surface area contributed by atoms with Crippen LogP contribution in [-0.2, 0) is 0 Å². The summed E-state index contributed by atoms with van der Waals surface area (Å²) in [6, 6.07) is 0. The highest BCUT2D eigenvalue weighted by molar-refractivity contribution is 4.88. The summed E-state index contributed by atoms with van der Waals surface area (Å²) in [5.41, 5.74) is 0.139. The van der Waals surface area contributed by atoms with Gasteiger partial charge < -0.3 is 15.1 Å². The Morgan fingerprint density at radius 3 is 2.53 bits per heavy atom. The fourth-order valence-corrected chi connectivity index (χ4v) is 3.66. The molecule has 3 heteroatoms. The Morgan fingerprint density at radius 2 is 1.94 bits per heavy atom. The SMILES string of the molecule is CC1CCCC(CO)(CN2CCC(O)CC2)C1. The van der Waals surface area contributed by atoms with Gasteiger partial charge in [-0.25, -0.2) is 0 Å². The molecule has 0 aromatic heterocycles. The minimum Gasteiger partial charge on any atom is -0.396 e. The Bertz CT molecular complexity index is 238. The van der Waals surface area contributed by atoms with Crippen LogP contribution in [0.25, 0.3) is 0 Å². The quantitative estimate of drug-likeness (QED) is 0.789. The molecule has 2 rings (SSSR count). The molecular weight excluding hydrogens is 214 g/mol. The van der Waals surface area contributed by atoms with Crippen LogP contribution < -0.4 is 0 Å². The largest absolute Gasteiger partial charge is 0.396 e. The maximum absolute atomic E-state index is 9.77. The van der Waals surface area contributed by atoms with E-state index in [-0.39, 0.29) is 11.5 Å². The molecule has 1 aliphatic heterocycles. The van der Waals surface area contributed by atoms with Crippen molar-refractivity contribution in [3.8, 4) is 0 Å². The highest BCUT2D eigenvalue weighted by Crippen LogP contribution is 2.40. The van der Waals surface area contributed by atoms with E-state index < -0.39 is 0 Å². The van der Waals surface area contributed by atoms with Crippen molar-refractivity contribution in [1.29, 1.82) is 0 Å². The number of nitrogens with zero attached hydrogens (tertiary/aromatic N) is 1. The summed E-state index contributed by atoms with van der Waals surface area (Å²) >= 11 is 0. The van der Waals surface area contributed by atoms with Crippen molar-refractivity contribution in [3.63, 3.8) is 0 Å². The number of aliphatic hydroxyl groups is 2. The van der Waals surface area contributed by atoms with E-state index in [4.69, 9.17) is 0 Å². The van der Waals surface area contributed by atoms with E-state index in [9.17, 15) is 10.2 Å². The minimum absolute atomic E-state index is 0.0957. The summed E-state index contributed by atoms with van der Waals surface area (Å²) in [5.74, 6) is 0.756. The van der Waals surface area contributed by atoms with Crippen LogP contribution in [0.15, 0.2) is 0 Å². The normalized spacial score (nSPS) is 37.2. The number of aliphatic hydroxyl groups excluding tert-OH is 2. The van der Waals surface area contributed by atoms with E-state index >= 15 is 0 Å². The van der Waals surface area contributed by atoms with Crippen LogP contribution in [0.4, 0.5) is 0 Å². The molecule has 2 aliphatic rings. The second-order valence-corrected chi connectivity index (χ2v) is 6.37. The molecule has 1 saturated heterocycles. The molecule has 17 heavy (non-hydrogen) atoms. The van der Waals surface area contributed by atoms with Gasteiger partial charge in [0, 0.05) is 31.7 Å². The lowest BCUT2D eigenvalue weighted by Gasteiger charge is -2.43. The molecule has 2 unspecified atom stereocenters. The van der Waals surface area contributed by atoms with E-state index in [0.717, 1.165) is 38.4 Å². The molecule has 0 radical (unpaired) electrons. The lowest BCUT2D eigenvalue weighted by Crippen LogP contribution is -2.46. The molecule has 0 aromatic rings. The Hall–Kier alpha value is -0.120. The lowest BCUT2D eigenvalue weighted by molar-refractivity contribution is 0.00226. The molecule has 0 bridgehead atoms. The zero-order valence-electron chi connectivity index (χ0n) is 11.1. The van der Waals surface area contributed by atoms with Gasteiger partial charge in [0.2, 0.25) is 0 Å².